The van der Waals surface area contributed by atoms with Gasteiger partial charge in [-0.2, -0.15) is 0 Å². The molecule has 1 unspecified atom stereocenters. The fraction of sp³-hybridized carbons (Fsp3) is 0.222. The summed E-state index contributed by atoms with van der Waals surface area (Å²) in [6.07, 6.45) is -0.783. The number of carbonyl (C=O) groups excluding carboxylic acids is 2. The molecule has 0 aliphatic carbocycles. The number of aryl methyl sites for hydroxylation is 1. The molecule has 0 heterocycles. The quantitative estimate of drug-likeness (QED) is 0.791. The smallest absolute Gasteiger partial charge is 0.279 e. The lowest BCUT2D eigenvalue weighted by atomic mass is 10.1. The third-order valence-corrected chi connectivity index (χ3v) is 4.45. The molecule has 7 heteroatoms. The molecule has 0 saturated carbocycles. The minimum Gasteiger partial charge on any atom is -0.481 e. The van der Waals surface area contributed by atoms with Crippen LogP contribution in [0.5, 0.6) is 5.75 Å². The van der Waals surface area contributed by atoms with Gasteiger partial charge in [0.15, 0.2) is 6.10 Å². The fourth-order valence-corrected chi connectivity index (χ4v) is 2.32. The van der Waals surface area contributed by atoms with Gasteiger partial charge in [-0.25, -0.2) is 0 Å². The number of hydrogen-bond donors (Lipinski definition) is 2. The fourth-order valence-electron chi connectivity index (χ4n) is 2.03. The van der Waals surface area contributed by atoms with Crippen molar-refractivity contribution in [2.24, 2.45) is 0 Å². The van der Waals surface area contributed by atoms with Crippen LogP contribution in [0.15, 0.2) is 36.4 Å². The highest BCUT2D eigenvalue weighted by Gasteiger charge is 2.17. The van der Waals surface area contributed by atoms with Gasteiger partial charge in [0.25, 0.3) is 11.8 Å². The predicted octanol–water partition coefficient (Wildman–Crippen LogP) is 3.84. The van der Waals surface area contributed by atoms with Gasteiger partial charge >= 0.3 is 0 Å². The third kappa shape index (κ3) is 4.87. The number of nitrogens with one attached hydrogen (secondary N) is 2. The maximum absolute atomic E-state index is 12.1. The molecule has 2 rings (SSSR count). The molecule has 5 nitrogen and oxygen atoms in total. The van der Waals surface area contributed by atoms with Gasteiger partial charge in [0, 0.05) is 5.56 Å². The van der Waals surface area contributed by atoms with Gasteiger partial charge in [-0.15, -0.1) is 0 Å². The highest BCUT2D eigenvalue weighted by molar-refractivity contribution is 6.42. The standard InChI is InChI=1S/C18H18Cl2N2O3/c1-10-5-4-6-16(11(10)2)25-12(3)17(23)21-22-18(24)13-7-8-14(19)15(20)9-13/h4-9,12H,1-3H3,(H,21,23)(H,22,24). The van der Waals surface area contributed by atoms with Gasteiger partial charge in [0.2, 0.25) is 0 Å². The topological polar surface area (TPSA) is 67.4 Å². The molecule has 0 spiro atoms. The van der Waals surface area contributed by atoms with E-state index in [9.17, 15) is 9.59 Å². The minimum atomic E-state index is -0.783. The van der Waals surface area contributed by atoms with Crippen LogP contribution >= 0.6 is 23.2 Å². The number of halogens is 2. The van der Waals surface area contributed by atoms with Crippen LogP contribution in [-0.4, -0.2) is 17.9 Å². The largest absolute Gasteiger partial charge is 0.481 e. The van der Waals surface area contributed by atoms with Gasteiger partial charge in [-0.1, -0.05) is 35.3 Å². The number of ether oxygens (including phenoxy) is 1. The molecule has 0 radical (unpaired) electrons. The second-order valence-electron chi connectivity index (χ2n) is 5.53. The Kier molecular flexibility index (Phi) is 6.28. The zero-order chi connectivity index (χ0) is 18.6. The SMILES string of the molecule is Cc1cccc(OC(C)C(=O)NNC(=O)c2ccc(Cl)c(Cl)c2)c1C. The molecule has 2 aromatic carbocycles. The van der Waals surface area contributed by atoms with Crippen LogP contribution in [0.2, 0.25) is 10.0 Å². The van der Waals surface area contributed by atoms with Gasteiger partial charge in [0.05, 0.1) is 10.0 Å². The van der Waals surface area contributed by atoms with Crippen molar-refractivity contribution in [3.8, 4) is 5.75 Å². The summed E-state index contributed by atoms with van der Waals surface area (Å²) < 4.78 is 5.66. The van der Waals surface area contributed by atoms with E-state index in [1.165, 1.54) is 18.2 Å². The molecule has 0 saturated heterocycles. The van der Waals surface area contributed by atoms with Crippen LogP contribution in [0.4, 0.5) is 0 Å². The summed E-state index contributed by atoms with van der Waals surface area (Å²) in [5.41, 5.74) is 6.95. The van der Waals surface area contributed by atoms with Crippen molar-refractivity contribution < 1.29 is 14.3 Å². The van der Waals surface area contributed by atoms with Gasteiger partial charge < -0.3 is 4.74 Å². The third-order valence-electron chi connectivity index (χ3n) is 3.71. The zero-order valence-corrected chi connectivity index (χ0v) is 15.5. The summed E-state index contributed by atoms with van der Waals surface area (Å²) >= 11 is 11.7. The van der Waals surface area contributed by atoms with Crippen molar-refractivity contribution in [1.82, 2.24) is 10.9 Å². The van der Waals surface area contributed by atoms with E-state index in [1.807, 2.05) is 26.0 Å². The summed E-state index contributed by atoms with van der Waals surface area (Å²) in [6, 6.07) is 10.0. The van der Waals surface area contributed by atoms with Crippen molar-refractivity contribution in [3.05, 3.63) is 63.1 Å². The van der Waals surface area contributed by atoms with Crippen LogP contribution in [0.25, 0.3) is 0 Å². The number of rotatable bonds is 4. The van der Waals surface area contributed by atoms with Crippen molar-refractivity contribution in [3.63, 3.8) is 0 Å². The summed E-state index contributed by atoms with van der Waals surface area (Å²) in [5.74, 6) is -0.362. The summed E-state index contributed by atoms with van der Waals surface area (Å²) in [6.45, 7) is 5.48. The summed E-state index contributed by atoms with van der Waals surface area (Å²) in [5, 5.41) is 0.602. The van der Waals surface area contributed by atoms with Crippen molar-refractivity contribution in [1.29, 1.82) is 0 Å². The van der Waals surface area contributed by atoms with Crippen LogP contribution in [0.1, 0.15) is 28.4 Å². The summed E-state index contributed by atoms with van der Waals surface area (Å²) in [7, 11) is 0. The Morgan fingerprint density at radius 2 is 1.76 bits per heavy atom. The molecular formula is C18H18Cl2N2O3. The first-order valence-corrected chi connectivity index (χ1v) is 8.33. The van der Waals surface area contributed by atoms with E-state index in [4.69, 9.17) is 27.9 Å². The molecular weight excluding hydrogens is 363 g/mol. The molecule has 0 aromatic heterocycles. The maximum atomic E-state index is 12.1. The van der Waals surface area contributed by atoms with Gasteiger partial charge in [-0.05, 0) is 56.2 Å². The Balaban J connectivity index is 1.93. The molecule has 2 aromatic rings. The first kappa shape index (κ1) is 19.1. The first-order valence-electron chi connectivity index (χ1n) is 7.57. The van der Waals surface area contributed by atoms with Crippen LogP contribution in [-0.2, 0) is 4.79 Å². The molecule has 0 bridgehead atoms. The van der Waals surface area contributed by atoms with E-state index in [0.717, 1.165) is 11.1 Å². The second-order valence-corrected chi connectivity index (χ2v) is 6.34. The van der Waals surface area contributed by atoms with E-state index in [1.54, 1.807) is 13.0 Å². The van der Waals surface area contributed by atoms with Crippen molar-refractivity contribution >= 4 is 35.0 Å². The molecule has 132 valence electrons. The Morgan fingerprint density at radius 1 is 1.04 bits per heavy atom. The van der Waals surface area contributed by atoms with Crippen LogP contribution in [0, 0.1) is 13.8 Å². The van der Waals surface area contributed by atoms with Crippen molar-refractivity contribution in [2.45, 2.75) is 26.9 Å². The molecule has 0 fully saturated rings. The Bertz CT molecular complexity index is 809. The minimum absolute atomic E-state index is 0.257. The first-order chi connectivity index (χ1) is 11.8. The Hall–Kier alpha value is -2.24. The normalized spacial score (nSPS) is 11.6. The van der Waals surface area contributed by atoms with Gasteiger partial charge in [-0.3, -0.25) is 20.4 Å². The Labute approximate surface area is 156 Å². The average molecular weight is 381 g/mol. The van der Waals surface area contributed by atoms with E-state index >= 15 is 0 Å². The van der Waals surface area contributed by atoms with E-state index in [0.29, 0.717) is 10.8 Å². The molecule has 0 aliphatic rings. The van der Waals surface area contributed by atoms with E-state index < -0.39 is 17.9 Å². The van der Waals surface area contributed by atoms with Crippen LogP contribution in [0.3, 0.4) is 0 Å². The Morgan fingerprint density at radius 3 is 2.44 bits per heavy atom. The highest BCUT2D eigenvalue weighted by atomic mass is 35.5. The van der Waals surface area contributed by atoms with E-state index in [2.05, 4.69) is 10.9 Å². The van der Waals surface area contributed by atoms with Crippen molar-refractivity contribution in [2.75, 3.05) is 0 Å². The predicted molar refractivity (Wildman–Crippen MR) is 98.1 cm³/mol. The molecule has 25 heavy (non-hydrogen) atoms. The van der Waals surface area contributed by atoms with Gasteiger partial charge in [0.1, 0.15) is 5.75 Å². The number of amides is 2. The lowest BCUT2D eigenvalue weighted by molar-refractivity contribution is -0.128. The lowest BCUT2D eigenvalue weighted by Gasteiger charge is -2.17. The number of hydrogen-bond acceptors (Lipinski definition) is 3. The number of carbonyl (C=O) groups is 2. The molecule has 2 amide bonds. The van der Waals surface area contributed by atoms with E-state index in [-0.39, 0.29) is 10.6 Å². The summed E-state index contributed by atoms with van der Waals surface area (Å²) in [4.78, 5) is 24.1. The highest BCUT2D eigenvalue weighted by Crippen LogP contribution is 2.23. The molecule has 1 atom stereocenters. The van der Waals surface area contributed by atoms with Crippen LogP contribution < -0.4 is 15.6 Å². The maximum Gasteiger partial charge on any atom is 0.279 e. The number of hydrazine groups is 1. The average Bonchev–Trinajstić information content (AvgIpc) is 2.58. The molecule has 2 N–H and O–H groups in total. The number of benzene rings is 2. The zero-order valence-electron chi connectivity index (χ0n) is 14.0. The monoisotopic (exact) mass is 380 g/mol. The second kappa shape index (κ2) is 8.23. The molecule has 0 aliphatic heterocycles. The lowest BCUT2D eigenvalue weighted by Crippen LogP contribution is -2.47.